The maximum Gasteiger partial charge on any atom is 0.116 e. The van der Waals surface area contributed by atoms with Crippen LogP contribution in [0, 0.1) is 23.7 Å². The molecule has 3 N–H and O–H groups in total. The fourth-order valence-electron chi connectivity index (χ4n) is 6.66. The third-order valence-electron chi connectivity index (χ3n) is 8.23. The number of hydrazine groups is 1. The first-order chi connectivity index (χ1) is 15.7. The van der Waals surface area contributed by atoms with Crippen molar-refractivity contribution in [1.29, 1.82) is 0 Å². The molecule has 6 heteroatoms. The number of thioether (sulfide) groups is 1. The number of halogens is 2. The molecule has 2 saturated carbocycles. The summed E-state index contributed by atoms with van der Waals surface area (Å²) < 4.78 is 13.5. The van der Waals surface area contributed by atoms with Gasteiger partial charge in [0.1, 0.15) is 5.83 Å². The minimum atomic E-state index is -0.402. The predicted molar refractivity (Wildman–Crippen MR) is 143 cm³/mol. The highest BCUT2D eigenvalue weighted by atomic mass is 35.5. The van der Waals surface area contributed by atoms with Gasteiger partial charge in [-0.05, 0) is 87.0 Å². The van der Waals surface area contributed by atoms with Gasteiger partial charge in [0.05, 0.1) is 11.4 Å². The molecule has 0 spiro atoms. The Bertz CT molecular complexity index is 739. The van der Waals surface area contributed by atoms with Gasteiger partial charge >= 0.3 is 0 Å². The molecule has 3 aliphatic rings. The van der Waals surface area contributed by atoms with E-state index < -0.39 is 5.83 Å². The van der Waals surface area contributed by atoms with Crippen LogP contribution in [0.2, 0.25) is 0 Å². The van der Waals surface area contributed by atoms with Crippen molar-refractivity contribution in [1.82, 2.24) is 10.3 Å². The average Bonchev–Trinajstić information content (AvgIpc) is 2.95. The van der Waals surface area contributed by atoms with E-state index in [0.29, 0.717) is 23.7 Å². The molecular weight excluding hydrogens is 453 g/mol. The molecule has 8 unspecified atom stereocenters. The number of nitrogens with zero attached hydrogens (tertiary/aromatic N) is 1. The van der Waals surface area contributed by atoms with Gasteiger partial charge in [0, 0.05) is 23.5 Å². The van der Waals surface area contributed by atoms with E-state index in [1.165, 1.54) is 25.7 Å². The van der Waals surface area contributed by atoms with Gasteiger partial charge in [-0.3, -0.25) is 5.84 Å². The summed E-state index contributed by atoms with van der Waals surface area (Å²) in [6, 6.07) is 0.324. The van der Waals surface area contributed by atoms with Gasteiger partial charge in [0.25, 0.3) is 0 Å². The Kier molecular flexibility index (Phi) is 9.99. The number of alkyl halides is 1. The quantitative estimate of drug-likeness (QED) is 0.215. The lowest BCUT2D eigenvalue weighted by molar-refractivity contribution is 0.226. The molecule has 0 aromatic rings. The van der Waals surface area contributed by atoms with E-state index in [-0.39, 0.29) is 17.5 Å². The Balaban J connectivity index is 1.71. The van der Waals surface area contributed by atoms with Crippen LogP contribution >= 0.6 is 23.4 Å². The Morgan fingerprint density at radius 2 is 1.94 bits per heavy atom. The van der Waals surface area contributed by atoms with Gasteiger partial charge in [-0.15, -0.1) is 11.6 Å². The number of rotatable bonds is 9. The minimum absolute atomic E-state index is 0.0309. The third kappa shape index (κ3) is 6.68. The number of fused-ring (bicyclic) bond motifs is 1. The zero-order chi connectivity index (χ0) is 24.1. The molecule has 3 fully saturated rings. The first kappa shape index (κ1) is 26.8. The molecule has 33 heavy (non-hydrogen) atoms. The zero-order valence-electron chi connectivity index (χ0n) is 20.4. The average molecular weight is 496 g/mol. The van der Waals surface area contributed by atoms with Crippen molar-refractivity contribution in [2.75, 3.05) is 12.8 Å². The van der Waals surface area contributed by atoms with Gasteiger partial charge in [0.15, 0.2) is 0 Å². The second-order valence-electron chi connectivity index (χ2n) is 10.4. The van der Waals surface area contributed by atoms with Crippen LogP contribution < -0.4 is 11.2 Å². The van der Waals surface area contributed by atoms with E-state index in [1.807, 2.05) is 16.8 Å². The molecule has 0 amide bonds. The maximum atomic E-state index is 13.5. The standard InChI is InChI=1S/C27H43ClFN3S/c1-6-20(13-17(2)29)21-9-8-12-25-23(14-21)16-32(30)27(25)19(4)31-26(18(3)28)22-10-7-11-24(15-22)33-5/h6,13,18,21-27,31H,1-2,4,7-12,14-16,30H2,3,5H3/b20-13+. The van der Waals surface area contributed by atoms with Crippen LogP contribution in [0.15, 0.2) is 49.0 Å². The minimum Gasteiger partial charge on any atom is -0.383 e. The summed E-state index contributed by atoms with van der Waals surface area (Å²) in [4.78, 5) is 0. The lowest BCUT2D eigenvalue weighted by atomic mass is 9.80. The van der Waals surface area contributed by atoms with Crippen LogP contribution in [0.25, 0.3) is 0 Å². The first-order valence-electron chi connectivity index (χ1n) is 12.6. The van der Waals surface area contributed by atoms with Crippen LogP contribution in [-0.4, -0.2) is 40.5 Å². The third-order valence-corrected chi connectivity index (χ3v) is 9.60. The van der Waals surface area contributed by atoms with Crippen molar-refractivity contribution in [3.8, 4) is 0 Å². The molecule has 0 radical (unpaired) electrons. The number of allylic oxidation sites excluding steroid dienone is 4. The van der Waals surface area contributed by atoms with E-state index in [2.05, 4.69) is 38.2 Å². The molecule has 2 aliphatic carbocycles. The van der Waals surface area contributed by atoms with Crippen molar-refractivity contribution < 1.29 is 4.39 Å². The summed E-state index contributed by atoms with van der Waals surface area (Å²) in [5.41, 5.74) is 1.98. The lowest BCUT2D eigenvalue weighted by Gasteiger charge is -2.39. The summed E-state index contributed by atoms with van der Waals surface area (Å²) in [6.45, 7) is 14.8. The van der Waals surface area contributed by atoms with E-state index in [1.54, 1.807) is 12.2 Å². The Morgan fingerprint density at radius 3 is 2.58 bits per heavy atom. The highest BCUT2D eigenvalue weighted by Gasteiger charge is 2.44. The molecule has 186 valence electrons. The Labute approximate surface area is 210 Å². The second kappa shape index (κ2) is 12.3. The van der Waals surface area contributed by atoms with Crippen molar-refractivity contribution >= 4 is 23.4 Å². The Morgan fingerprint density at radius 1 is 1.21 bits per heavy atom. The van der Waals surface area contributed by atoms with Crippen molar-refractivity contribution in [2.24, 2.45) is 29.5 Å². The summed E-state index contributed by atoms with van der Waals surface area (Å²) in [7, 11) is 0. The molecule has 1 aliphatic heterocycles. The van der Waals surface area contributed by atoms with Crippen LogP contribution in [0.5, 0.6) is 0 Å². The van der Waals surface area contributed by atoms with Crippen LogP contribution in [0.4, 0.5) is 4.39 Å². The van der Waals surface area contributed by atoms with Gasteiger partial charge in [-0.2, -0.15) is 11.8 Å². The fourth-order valence-corrected chi connectivity index (χ4v) is 7.77. The highest BCUT2D eigenvalue weighted by molar-refractivity contribution is 7.99. The van der Waals surface area contributed by atoms with Crippen LogP contribution in [0.3, 0.4) is 0 Å². The monoisotopic (exact) mass is 495 g/mol. The predicted octanol–water partition coefficient (Wildman–Crippen LogP) is 6.58. The highest BCUT2D eigenvalue weighted by Crippen LogP contribution is 2.44. The normalized spacial score (nSPS) is 35.2. The van der Waals surface area contributed by atoms with Crippen molar-refractivity contribution in [3.63, 3.8) is 0 Å². The number of hydrogen-bond acceptors (Lipinski definition) is 4. The van der Waals surface area contributed by atoms with Crippen molar-refractivity contribution in [3.05, 3.63) is 49.0 Å². The summed E-state index contributed by atoms with van der Waals surface area (Å²) in [5.74, 6) is 7.97. The Hall–Kier alpha value is -0.750. The summed E-state index contributed by atoms with van der Waals surface area (Å²) in [5, 5.41) is 6.53. The lowest BCUT2D eigenvalue weighted by Crippen LogP contribution is -2.49. The van der Waals surface area contributed by atoms with Gasteiger partial charge in [-0.25, -0.2) is 9.40 Å². The molecule has 1 saturated heterocycles. The molecule has 0 bridgehead atoms. The molecule has 8 atom stereocenters. The van der Waals surface area contributed by atoms with E-state index in [9.17, 15) is 4.39 Å². The first-order valence-corrected chi connectivity index (χ1v) is 14.3. The number of nitrogens with one attached hydrogen (secondary N) is 1. The molecule has 1 heterocycles. The molecule has 3 nitrogen and oxygen atoms in total. The largest absolute Gasteiger partial charge is 0.383 e. The topological polar surface area (TPSA) is 41.3 Å². The van der Waals surface area contributed by atoms with Crippen LogP contribution in [-0.2, 0) is 0 Å². The van der Waals surface area contributed by atoms with E-state index >= 15 is 0 Å². The van der Waals surface area contributed by atoms with Crippen LogP contribution in [0.1, 0.15) is 58.3 Å². The maximum absolute atomic E-state index is 13.5. The number of nitrogens with two attached hydrogens (primary N) is 1. The molecule has 0 aromatic heterocycles. The van der Waals surface area contributed by atoms with Gasteiger partial charge in [-0.1, -0.05) is 38.7 Å². The summed E-state index contributed by atoms with van der Waals surface area (Å²) in [6.07, 6.45) is 14.8. The van der Waals surface area contributed by atoms with Crippen molar-refractivity contribution in [2.45, 2.75) is 81.0 Å². The van der Waals surface area contributed by atoms with E-state index in [4.69, 9.17) is 17.4 Å². The molecular formula is C27H43ClFN3S. The smallest absolute Gasteiger partial charge is 0.116 e. The van der Waals surface area contributed by atoms with Gasteiger partial charge in [0.2, 0.25) is 0 Å². The molecule has 3 rings (SSSR count). The fraction of sp³-hybridized carbons (Fsp3) is 0.704. The van der Waals surface area contributed by atoms with Gasteiger partial charge < -0.3 is 5.32 Å². The SMILES string of the molecule is C=C/C(=C\C(=C)F)C1CCCC2C(C1)CN(N)C2C(=C)NC(C(C)Cl)C1CCCC(SC)C1. The summed E-state index contributed by atoms with van der Waals surface area (Å²) >= 11 is 8.71. The van der Waals surface area contributed by atoms with E-state index in [0.717, 1.165) is 48.7 Å². The second-order valence-corrected chi connectivity index (χ2v) is 12.2. The number of hydrogen-bond donors (Lipinski definition) is 2. The zero-order valence-corrected chi connectivity index (χ0v) is 22.0. The molecule has 0 aromatic carbocycles.